The number of hydrogen-bond acceptors (Lipinski definition) is 4. The summed E-state index contributed by atoms with van der Waals surface area (Å²) in [6, 6.07) is -0.489. The van der Waals surface area contributed by atoms with Gasteiger partial charge in [0, 0.05) is 31.7 Å². The second-order valence-electron chi connectivity index (χ2n) is 6.27. The number of hydrogen-bond donors (Lipinski definition) is 3. The van der Waals surface area contributed by atoms with Crippen LogP contribution in [0.5, 0.6) is 0 Å². The molecule has 0 aliphatic carbocycles. The first kappa shape index (κ1) is 20.1. The highest BCUT2D eigenvalue weighted by atomic mass is 35.5. The van der Waals surface area contributed by atoms with Gasteiger partial charge in [0.1, 0.15) is 0 Å². The molecule has 124 valence electrons. The van der Waals surface area contributed by atoms with Crippen LogP contribution in [-0.4, -0.2) is 44.2 Å². The van der Waals surface area contributed by atoms with Crippen LogP contribution in [0.15, 0.2) is 0 Å². The Morgan fingerprint density at radius 3 is 2.24 bits per heavy atom. The van der Waals surface area contributed by atoms with Crippen molar-refractivity contribution in [3.05, 3.63) is 0 Å². The molecule has 6 nitrogen and oxygen atoms in total. The van der Waals surface area contributed by atoms with Crippen LogP contribution in [-0.2, 0) is 14.3 Å². The van der Waals surface area contributed by atoms with Crippen molar-refractivity contribution in [2.45, 2.75) is 39.7 Å². The maximum Gasteiger partial charge on any atom is 0.237 e. The lowest BCUT2D eigenvalue weighted by Crippen LogP contribution is -2.49. The zero-order chi connectivity index (χ0) is 15.2. The van der Waals surface area contributed by atoms with Gasteiger partial charge in [-0.05, 0) is 18.8 Å². The van der Waals surface area contributed by atoms with Gasteiger partial charge in [-0.25, -0.2) is 0 Å². The molecule has 1 fully saturated rings. The highest BCUT2D eigenvalue weighted by Gasteiger charge is 2.26. The smallest absolute Gasteiger partial charge is 0.237 e. The third kappa shape index (κ3) is 7.11. The molecule has 1 unspecified atom stereocenters. The number of halogens is 1. The quantitative estimate of drug-likeness (QED) is 0.641. The molecule has 0 aromatic carbocycles. The molecule has 1 saturated heterocycles. The van der Waals surface area contributed by atoms with E-state index in [2.05, 4.69) is 10.6 Å². The van der Waals surface area contributed by atoms with Gasteiger partial charge in [0.25, 0.3) is 0 Å². The van der Waals surface area contributed by atoms with Crippen molar-refractivity contribution < 1.29 is 14.3 Å². The zero-order valence-electron chi connectivity index (χ0n) is 13.1. The van der Waals surface area contributed by atoms with Gasteiger partial charge < -0.3 is 21.1 Å². The molecular weight excluding hydrogens is 294 g/mol. The maximum absolute atomic E-state index is 11.9. The maximum atomic E-state index is 11.9. The fraction of sp³-hybridized carbons (Fsp3) is 0.857. The summed E-state index contributed by atoms with van der Waals surface area (Å²) >= 11 is 0. The summed E-state index contributed by atoms with van der Waals surface area (Å²) < 4.78 is 5.25. The van der Waals surface area contributed by atoms with E-state index in [-0.39, 0.29) is 30.1 Å². The van der Waals surface area contributed by atoms with E-state index in [1.54, 1.807) is 0 Å². The fourth-order valence-corrected chi connectivity index (χ4v) is 2.03. The normalized spacial score (nSPS) is 17.5. The summed E-state index contributed by atoms with van der Waals surface area (Å²) in [5.41, 5.74) is 5.53. The lowest BCUT2D eigenvalue weighted by atomic mass is 9.92. The van der Waals surface area contributed by atoms with Crippen molar-refractivity contribution in [1.82, 2.24) is 10.6 Å². The molecular formula is C14H28ClN3O3. The van der Waals surface area contributed by atoms with Crippen LogP contribution in [0.25, 0.3) is 0 Å². The molecule has 0 bridgehead atoms. The predicted molar refractivity (Wildman–Crippen MR) is 84.2 cm³/mol. The Bertz CT molecular complexity index is 339. The highest BCUT2D eigenvalue weighted by molar-refractivity contribution is 5.85. The number of nitrogens with one attached hydrogen (secondary N) is 2. The second-order valence-corrected chi connectivity index (χ2v) is 6.27. The Morgan fingerprint density at radius 1 is 1.19 bits per heavy atom. The van der Waals surface area contributed by atoms with Crippen molar-refractivity contribution >= 4 is 24.2 Å². The molecule has 1 aliphatic rings. The van der Waals surface area contributed by atoms with Gasteiger partial charge in [-0.3, -0.25) is 9.59 Å². The van der Waals surface area contributed by atoms with E-state index in [1.807, 2.05) is 20.8 Å². The molecule has 0 saturated carbocycles. The van der Waals surface area contributed by atoms with E-state index in [0.29, 0.717) is 26.3 Å². The molecule has 0 aromatic heterocycles. The van der Waals surface area contributed by atoms with Gasteiger partial charge in [0.2, 0.25) is 11.8 Å². The Labute approximate surface area is 133 Å². The molecule has 1 atom stereocenters. The molecule has 1 heterocycles. The average molecular weight is 322 g/mol. The summed E-state index contributed by atoms with van der Waals surface area (Å²) in [6.07, 6.45) is 1.66. The van der Waals surface area contributed by atoms with Crippen molar-refractivity contribution in [2.24, 2.45) is 17.1 Å². The molecule has 7 heteroatoms. The molecule has 1 aliphatic heterocycles. The number of amides is 2. The van der Waals surface area contributed by atoms with Crippen LogP contribution >= 0.6 is 12.4 Å². The Hall–Kier alpha value is -0.850. The molecule has 4 N–H and O–H groups in total. The lowest BCUT2D eigenvalue weighted by Gasteiger charge is -2.26. The number of rotatable bonds is 5. The van der Waals surface area contributed by atoms with E-state index in [0.717, 1.165) is 12.8 Å². The third-order valence-corrected chi connectivity index (χ3v) is 3.47. The number of ether oxygens (including phenoxy) is 1. The average Bonchev–Trinajstić information content (AvgIpc) is 2.42. The highest BCUT2D eigenvalue weighted by Crippen LogP contribution is 2.17. The van der Waals surface area contributed by atoms with E-state index in [1.165, 1.54) is 0 Å². The van der Waals surface area contributed by atoms with Gasteiger partial charge in [-0.2, -0.15) is 0 Å². The number of carbonyl (C=O) groups is 2. The SMILES string of the molecule is CC(C)(C)C(=O)NCCNC(=O)C(N)C1CCOCC1.Cl. The minimum absolute atomic E-state index is 0. The Balaban J connectivity index is 0.00000400. The Morgan fingerprint density at radius 2 is 1.71 bits per heavy atom. The monoisotopic (exact) mass is 321 g/mol. The lowest BCUT2D eigenvalue weighted by molar-refractivity contribution is -0.129. The van der Waals surface area contributed by atoms with E-state index in [4.69, 9.17) is 10.5 Å². The first-order valence-corrected chi connectivity index (χ1v) is 7.21. The minimum Gasteiger partial charge on any atom is -0.381 e. The first-order valence-electron chi connectivity index (χ1n) is 7.21. The van der Waals surface area contributed by atoms with Gasteiger partial charge in [-0.15, -0.1) is 12.4 Å². The van der Waals surface area contributed by atoms with Gasteiger partial charge in [-0.1, -0.05) is 20.8 Å². The van der Waals surface area contributed by atoms with Gasteiger partial charge in [0.05, 0.1) is 6.04 Å². The van der Waals surface area contributed by atoms with Crippen molar-refractivity contribution in [3.8, 4) is 0 Å². The number of nitrogens with two attached hydrogens (primary N) is 1. The third-order valence-electron chi connectivity index (χ3n) is 3.47. The van der Waals surface area contributed by atoms with Crippen LogP contribution in [0.3, 0.4) is 0 Å². The van der Waals surface area contributed by atoms with E-state index >= 15 is 0 Å². The van der Waals surface area contributed by atoms with E-state index in [9.17, 15) is 9.59 Å². The van der Waals surface area contributed by atoms with Crippen LogP contribution < -0.4 is 16.4 Å². The molecule has 0 spiro atoms. The molecule has 0 aromatic rings. The van der Waals surface area contributed by atoms with Crippen molar-refractivity contribution in [2.75, 3.05) is 26.3 Å². The largest absolute Gasteiger partial charge is 0.381 e. The van der Waals surface area contributed by atoms with Crippen LogP contribution in [0.1, 0.15) is 33.6 Å². The van der Waals surface area contributed by atoms with Crippen molar-refractivity contribution in [1.29, 1.82) is 0 Å². The van der Waals surface area contributed by atoms with Crippen LogP contribution in [0, 0.1) is 11.3 Å². The van der Waals surface area contributed by atoms with Gasteiger partial charge in [0.15, 0.2) is 0 Å². The van der Waals surface area contributed by atoms with Crippen molar-refractivity contribution in [3.63, 3.8) is 0 Å². The number of carbonyl (C=O) groups excluding carboxylic acids is 2. The molecule has 21 heavy (non-hydrogen) atoms. The first-order chi connectivity index (χ1) is 9.32. The summed E-state index contributed by atoms with van der Waals surface area (Å²) in [5, 5.41) is 5.55. The standard InChI is InChI=1S/C14H27N3O3.ClH/c1-14(2,3)13(19)17-7-6-16-12(18)11(15)10-4-8-20-9-5-10;/h10-11H,4-9,15H2,1-3H3,(H,16,18)(H,17,19);1H. The molecule has 1 rings (SSSR count). The van der Waals surface area contributed by atoms with Crippen LogP contribution in [0.2, 0.25) is 0 Å². The summed E-state index contributed by atoms with van der Waals surface area (Å²) in [7, 11) is 0. The van der Waals surface area contributed by atoms with Gasteiger partial charge >= 0.3 is 0 Å². The predicted octanol–water partition coefficient (Wildman–Crippen LogP) is 0.441. The minimum atomic E-state index is -0.489. The fourth-order valence-electron chi connectivity index (χ4n) is 2.03. The second kappa shape index (κ2) is 9.23. The molecule has 2 amide bonds. The summed E-state index contributed by atoms with van der Waals surface area (Å²) in [4.78, 5) is 23.5. The van der Waals surface area contributed by atoms with Crippen LogP contribution in [0.4, 0.5) is 0 Å². The van der Waals surface area contributed by atoms with E-state index < -0.39 is 11.5 Å². The zero-order valence-corrected chi connectivity index (χ0v) is 13.9. The summed E-state index contributed by atoms with van der Waals surface area (Å²) in [6.45, 7) is 7.71. The Kier molecular flexibility index (Phi) is 8.85. The molecule has 0 radical (unpaired) electrons. The summed E-state index contributed by atoms with van der Waals surface area (Å²) in [5.74, 6) is 0.00954. The topological polar surface area (TPSA) is 93.5 Å².